The van der Waals surface area contributed by atoms with Crippen molar-refractivity contribution in [2.45, 2.75) is 20.8 Å². The fraction of sp³-hybridized carbons (Fsp3) is 0.250. The molecular weight excluding hydrogens is 256 g/mol. The molecule has 1 N–H and O–H groups in total. The number of benzene rings is 2. The van der Waals surface area contributed by atoms with Crippen molar-refractivity contribution in [3.05, 3.63) is 46.5 Å². The van der Waals surface area contributed by atoms with Gasteiger partial charge in [0.05, 0.1) is 17.7 Å². The van der Waals surface area contributed by atoms with Crippen molar-refractivity contribution >= 4 is 22.7 Å². The van der Waals surface area contributed by atoms with Crippen molar-refractivity contribution in [3.8, 4) is 0 Å². The largest absolute Gasteiger partial charge is 0.478 e. The van der Waals surface area contributed by atoms with E-state index < -0.39 is 11.9 Å². The summed E-state index contributed by atoms with van der Waals surface area (Å²) in [6, 6.07) is 7.28. The highest BCUT2D eigenvalue weighted by Gasteiger charge is 2.24. The summed E-state index contributed by atoms with van der Waals surface area (Å²) >= 11 is 0. The van der Waals surface area contributed by atoms with Crippen LogP contribution in [0.4, 0.5) is 0 Å². The molecule has 0 saturated carbocycles. The lowest BCUT2D eigenvalue weighted by Crippen LogP contribution is -2.15. The Morgan fingerprint density at radius 3 is 2.20 bits per heavy atom. The van der Waals surface area contributed by atoms with Gasteiger partial charge < -0.3 is 9.84 Å². The second-order valence-corrected chi connectivity index (χ2v) is 4.57. The molecule has 0 aromatic heterocycles. The lowest BCUT2D eigenvalue weighted by Gasteiger charge is -2.15. The van der Waals surface area contributed by atoms with E-state index in [1.165, 1.54) is 0 Å². The van der Waals surface area contributed by atoms with Crippen LogP contribution in [-0.4, -0.2) is 23.7 Å². The molecule has 0 aliphatic carbocycles. The molecule has 0 heterocycles. The maximum Gasteiger partial charge on any atom is 0.339 e. The van der Waals surface area contributed by atoms with Gasteiger partial charge in [-0.2, -0.15) is 0 Å². The van der Waals surface area contributed by atoms with Crippen LogP contribution in [-0.2, 0) is 4.74 Å². The Kier molecular flexibility index (Phi) is 3.74. The highest BCUT2D eigenvalue weighted by Crippen LogP contribution is 2.30. The predicted molar refractivity (Wildman–Crippen MR) is 76.3 cm³/mol. The fourth-order valence-electron chi connectivity index (χ4n) is 2.42. The summed E-state index contributed by atoms with van der Waals surface area (Å²) in [4.78, 5) is 23.7. The lowest BCUT2D eigenvalue weighted by atomic mass is 9.90. The van der Waals surface area contributed by atoms with Crippen molar-refractivity contribution in [2.24, 2.45) is 0 Å². The quantitative estimate of drug-likeness (QED) is 0.870. The van der Waals surface area contributed by atoms with E-state index in [2.05, 4.69) is 0 Å². The summed E-state index contributed by atoms with van der Waals surface area (Å²) in [5, 5.41) is 10.9. The lowest BCUT2D eigenvalue weighted by molar-refractivity contribution is 0.0516. The molecule has 0 fully saturated rings. The molecule has 0 bridgehead atoms. The number of hydrogen-bond donors (Lipinski definition) is 1. The van der Waals surface area contributed by atoms with E-state index in [-0.39, 0.29) is 17.7 Å². The van der Waals surface area contributed by atoms with Crippen molar-refractivity contribution in [2.75, 3.05) is 6.61 Å². The Hall–Kier alpha value is -2.36. The number of carbonyl (C=O) groups excluding carboxylic acids is 1. The Labute approximate surface area is 117 Å². The van der Waals surface area contributed by atoms with Gasteiger partial charge in [0.15, 0.2) is 0 Å². The SMILES string of the molecule is CCOC(=O)c1c(C(=O)O)c(C)c(C)c2ccccc12. The molecule has 0 atom stereocenters. The summed E-state index contributed by atoms with van der Waals surface area (Å²) in [7, 11) is 0. The van der Waals surface area contributed by atoms with Crippen LogP contribution in [0.5, 0.6) is 0 Å². The molecule has 20 heavy (non-hydrogen) atoms. The van der Waals surface area contributed by atoms with Crippen LogP contribution >= 0.6 is 0 Å². The molecule has 0 aliphatic heterocycles. The number of rotatable bonds is 3. The summed E-state index contributed by atoms with van der Waals surface area (Å²) in [5.41, 5.74) is 1.63. The van der Waals surface area contributed by atoms with Crippen LogP contribution in [0, 0.1) is 13.8 Å². The monoisotopic (exact) mass is 272 g/mol. The molecule has 0 amide bonds. The number of carboxylic acids is 1. The third-order valence-corrected chi connectivity index (χ3v) is 3.48. The first-order valence-electron chi connectivity index (χ1n) is 6.41. The molecule has 0 aliphatic rings. The maximum absolute atomic E-state index is 12.2. The minimum atomic E-state index is -1.11. The van der Waals surface area contributed by atoms with Crippen LogP contribution in [0.1, 0.15) is 38.8 Å². The van der Waals surface area contributed by atoms with E-state index in [9.17, 15) is 14.7 Å². The van der Waals surface area contributed by atoms with Crippen molar-refractivity contribution in [1.29, 1.82) is 0 Å². The zero-order valence-electron chi connectivity index (χ0n) is 11.7. The van der Waals surface area contributed by atoms with Crippen molar-refractivity contribution in [1.82, 2.24) is 0 Å². The minimum Gasteiger partial charge on any atom is -0.478 e. The van der Waals surface area contributed by atoms with Crippen LogP contribution in [0.3, 0.4) is 0 Å². The summed E-state index contributed by atoms with van der Waals surface area (Å²) in [6.07, 6.45) is 0. The third-order valence-electron chi connectivity index (χ3n) is 3.48. The molecule has 104 valence electrons. The Morgan fingerprint density at radius 1 is 1.05 bits per heavy atom. The fourth-order valence-corrected chi connectivity index (χ4v) is 2.42. The van der Waals surface area contributed by atoms with Crippen LogP contribution in [0.2, 0.25) is 0 Å². The Bertz CT molecular complexity index is 701. The standard InChI is InChI=1S/C16H16O4/c1-4-20-16(19)14-12-8-6-5-7-11(12)9(2)10(3)13(14)15(17)18/h5-8H,4H2,1-3H3,(H,17,18). The van der Waals surface area contributed by atoms with Crippen molar-refractivity contribution in [3.63, 3.8) is 0 Å². The zero-order valence-corrected chi connectivity index (χ0v) is 11.7. The molecule has 0 radical (unpaired) electrons. The zero-order chi connectivity index (χ0) is 14.9. The topological polar surface area (TPSA) is 63.6 Å². The van der Waals surface area contributed by atoms with Crippen LogP contribution in [0.25, 0.3) is 10.8 Å². The van der Waals surface area contributed by atoms with E-state index in [4.69, 9.17) is 4.74 Å². The first kappa shape index (κ1) is 14.1. The average Bonchev–Trinajstić information content (AvgIpc) is 2.42. The number of carbonyl (C=O) groups is 2. The number of ether oxygens (including phenoxy) is 1. The van der Waals surface area contributed by atoms with Crippen LogP contribution in [0.15, 0.2) is 24.3 Å². The molecule has 2 rings (SSSR count). The van der Waals surface area contributed by atoms with Gasteiger partial charge in [-0.3, -0.25) is 0 Å². The summed E-state index contributed by atoms with van der Waals surface area (Å²) < 4.78 is 5.02. The van der Waals surface area contributed by atoms with E-state index in [1.54, 1.807) is 26.0 Å². The minimum absolute atomic E-state index is 0.0275. The number of aromatic carboxylic acids is 1. The molecule has 0 saturated heterocycles. The summed E-state index contributed by atoms with van der Waals surface area (Å²) in [5.74, 6) is -1.70. The van der Waals surface area contributed by atoms with Gasteiger partial charge in [0.2, 0.25) is 0 Å². The molecule has 0 spiro atoms. The number of esters is 1. The second kappa shape index (κ2) is 5.33. The molecule has 4 heteroatoms. The first-order chi connectivity index (χ1) is 9.49. The van der Waals surface area contributed by atoms with E-state index in [0.717, 1.165) is 10.9 Å². The smallest absolute Gasteiger partial charge is 0.339 e. The molecule has 2 aromatic rings. The van der Waals surface area contributed by atoms with Gasteiger partial charge in [-0.15, -0.1) is 0 Å². The van der Waals surface area contributed by atoms with Gasteiger partial charge >= 0.3 is 11.9 Å². The van der Waals surface area contributed by atoms with Crippen LogP contribution < -0.4 is 0 Å². The van der Waals surface area contributed by atoms with E-state index in [0.29, 0.717) is 10.9 Å². The highest BCUT2D eigenvalue weighted by atomic mass is 16.5. The van der Waals surface area contributed by atoms with Gasteiger partial charge in [-0.1, -0.05) is 24.3 Å². The highest BCUT2D eigenvalue weighted by molar-refractivity contribution is 6.14. The number of carboxylic acid groups (broad SMARTS) is 1. The second-order valence-electron chi connectivity index (χ2n) is 4.57. The molecular formula is C16H16O4. The normalized spacial score (nSPS) is 10.6. The van der Waals surface area contributed by atoms with Crippen molar-refractivity contribution < 1.29 is 19.4 Å². The van der Waals surface area contributed by atoms with E-state index in [1.807, 2.05) is 19.1 Å². The number of hydrogen-bond acceptors (Lipinski definition) is 3. The Morgan fingerprint density at radius 2 is 1.65 bits per heavy atom. The van der Waals surface area contributed by atoms with Gasteiger partial charge in [0.25, 0.3) is 0 Å². The molecule has 0 unspecified atom stereocenters. The predicted octanol–water partition coefficient (Wildman–Crippen LogP) is 3.33. The molecule has 2 aromatic carbocycles. The molecule has 4 nitrogen and oxygen atoms in total. The first-order valence-corrected chi connectivity index (χ1v) is 6.41. The van der Waals surface area contributed by atoms with Gasteiger partial charge in [0, 0.05) is 0 Å². The van der Waals surface area contributed by atoms with Gasteiger partial charge in [-0.25, -0.2) is 9.59 Å². The number of fused-ring (bicyclic) bond motifs is 1. The number of aryl methyl sites for hydroxylation is 1. The average molecular weight is 272 g/mol. The van der Waals surface area contributed by atoms with E-state index >= 15 is 0 Å². The third kappa shape index (κ3) is 2.13. The van der Waals surface area contributed by atoms with Gasteiger partial charge in [-0.05, 0) is 42.7 Å². The summed E-state index contributed by atoms with van der Waals surface area (Å²) in [6.45, 7) is 5.48. The Balaban J connectivity index is 2.93. The van der Waals surface area contributed by atoms with Gasteiger partial charge in [0.1, 0.15) is 0 Å². The maximum atomic E-state index is 12.2.